The van der Waals surface area contributed by atoms with Crippen molar-refractivity contribution < 1.29 is 13.8 Å². The maximum absolute atomic E-state index is 12.7. The van der Waals surface area contributed by atoms with Crippen molar-refractivity contribution in [2.75, 3.05) is 18.8 Å². The molecular weight excluding hydrogens is 378 g/mol. The van der Waals surface area contributed by atoms with Gasteiger partial charge in [0.1, 0.15) is 5.76 Å². The molecule has 0 spiro atoms. The Morgan fingerprint density at radius 3 is 2.76 bits per heavy atom. The smallest absolute Gasteiger partial charge is 0.293 e. The third-order valence-electron chi connectivity index (χ3n) is 4.03. The van der Waals surface area contributed by atoms with Gasteiger partial charge in [0.15, 0.2) is 5.69 Å². The lowest BCUT2D eigenvalue weighted by molar-refractivity contribution is 0.0947. The summed E-state index contributed by atoms with van der Waals surface area (Å²) in [5.41, 5.74) is 8.86. The van der Waals surface area contributed by atoms with Crippen LogP contribution in [0.3, 0.4) is 0 Å². The predicted octanol–water partition coefficient (Wildman–Crippen LogP) is 1.21. The Hall–Kier alpha value is -3.54. The molecule has 0 unspecified atom stereocenters. The molecule has 3 aromatic heterocycles. The van der Waals surface area contributed by atoms with Crippen molar-refractivity contribution in [3.05, 3.63) is 35.5 Å². The Morgan fingerprint density at radius 1 is 1.34 bits per heavy atom. The van der Waals surface area contributed by atoms with Crippen LogP contribution in [0.5, 0.6) is 0 Å². The third-order valence-corrected chi connectivity index (χ3v) is 4.03. The lowest BCUT2D eigenvalue weighted by Crippen LogP contribution is -2.28. The topological polar surface area (TPSA) is 153 Å². The van der Waals surface area contributed by atoms with Gasteiger partial charge in [0.05, 0.1) is 18.2 Å². The van der Waals surface area contributed by atoms with Crippen LogP contribution in [0.25, 0.3) is 5.82 Å². The summed E-state index contributed by atoms with van der Waals surface area (Å²) < 4.78 is 11.2. The van der Waals surface area contributed by atoms with E-state index >= 15 is 0 Å². The first-order chi connectivity index (χ1) is 14.1. The summed E-state index contributed by atoms with van der Waals surface area (Å²) in [6, 6.07) is 3.43. The van der Waals surface area contributed by atoms with Gasteiger partial charge in [0.25, 0.3) is 5.91 Å². The quantitative estimate of drug-likeness (QED) is 0.377. The van der Waals surface area contributed by atoms with Gasteiger partial charge in [-0.25, -0.2) is 10.1 Å². The van der Waals surface area contributed by atoms with E-state index in [1.807, 2.05) is 0 Å². The Balaban J connectivity index is 1.88. The number of furan rings is 1. The summed E-state index contributed by atoms with van der Waals surface area (Å²) in [4.78, 5) is 14.9. The predicted molar refractivity (Wildman–Crippen MR) is 103 cm³/mol. The van der Waals surface area contributed by atoms with Gasteiger partial charge in [-0.15, -0.1) is 5.10 Å². The molecule has 3 aromatic rings. The van der Waals surface area contributed by atoms with E-state index in [0.29, 0.717) is 18.0 Å². The zero-order valence-corrected chi connectivity index (χ0v) is 16.3. The monoisotopic (exact) mass is 401 g/mol. The average Bonchev–Trinajstić information content (AvgIpc) is 3.43. The molecule has 0 saturated heterocycles. The minimum atomic E-state index is -0.517. The summed E-state index contributed by atoms with van der Waals surface area (Å²) in [6.45, 7) is 6.31. The zero-order valence-electron chi connectivity index (χ0n) is 16.3. The number of hydrogen-bond acceptors (Lipinski definition) is 10. The van der Waals surface area contributed by atoms with Gasteiger partial charge in [-0.2, -0.15) is 9.78 Å². The molecule has 0 fully saturated rings. The van der Waals surface area contributed by atoms with Crippen molar-refractivity contribution in [3.63, 3.8) is 0 Å². The highest BCUT2D eigenvalue weighted by atomic mass is 16.6. The number of anilines is 1. The van der Waals surface area contributed by atoms with Crippen molar-refractivity contribution >= 4 is 17.9 Å². The number of nitrogen functional groups attached to an aromatic ring is 1. The first kappa shape index (κ1) is 20.2. The largest absolute Gasteiger partial charge is 0.463 e. The number of nitrogens with zero attached hydrogens (tertiary/aromatic N) is 7. The molecule has 0 bridgehead atoms. The fraction of sp³-hybridized carbons (Fsp3) is 0.412. The van der Waals surface area contributed by atoms with Crippen LogP contribution in [0.1, 0.15) is 48.6 Å². The zero-order chi connectivity index (χ0) is 20.6. The number of aromatic nitrogens is 5. The molecular formula is C17H23N9O3. The number of carbonyl (C=O) groups is 1. The van der Waals surface area contributed by atoms with E-state index in [0.717, 1.165) is 25.9 Å². The number of nitrogens with one attached hydrogen (secondary N) is 1. The van der Waals surface area contributed by atoms with Crippen molar-refractivity contribution in [2.45, 2.75) is 33.2 Å². The molecule has 3 heterocycles. The molecule has 0 atom stereocenters. The molecule has 0 aromatic carbocycles. The molecule has 3 N–H and O–H groups in total. The van der Waals surface area contributed by atoms with Crippen LogP contribution in [0.2, 0.25) is 0 Å². The maximum Gasteiger partial charge on any atom is 0.293 e. The Morgan fingerprint density at radius 2 is 2.14 bits per heavy atom. The highest BCUT2D eigenvalue weighted by Crippen LogP contribution is 2.18. The molecule has 0 aliphatic rings. The first-order valence-electron chi connectivity index (χ1n) is 9.26. The second-order valence-electron chi connectivity index (χ2n) is 6.26. The Bertz CT molecular complexity index is 939. The molecule has 3 rings (SSSR count). The molecule has 0 saturated carbocycles. The molecule has 154 valence electrons. The molecule has 29 heavy (non-hydrogen) atoms. The Labute approximate surface area is 166 Å². The number of rotatable bonds is 10. The van der Waals surface area contributed by atoms with E-state index in [-0.39, 0.29) is 17.3 Å². The molecule has 0 aliphatic carbocycles. The van der Waals surface area contributed by atoms with E-state index in [9.17, 15) is 4.79 Å². The number of hydrazone groups is 1. The fourth-order valence-electron chi connectivity index (χ4n) is 2.81. The minimum Gasteiger partial charge on any atom is -0.463 e. The third kappa shape index (κ3) is 4.85. The van der Waals surface area contributed by atoms with Gasteiger partial charge in [-0.1, -0.05) is 19.1 Å². The van der Waals surface area contributed by atoms with E-state index in [4.69, 9.17) is 10.2 Å². The Kier molecular flexibility index (Phi) is 6.68. The van der Waals surface area contributed by atoms with Crippen LogP contribution in [0.4, 0.5) is 5.82 Å². The summed E-state index contributed by atoms with van der Waals surface area (Å²) >= 11 is 0. The molecule has 12 nitrogen and oxygen atoms in total. The molecule has 1 amide bonds. The van der Waals surface area contributed by atoms with E-state index < -0.39 is 5.91 Å². The van der Waals surface area contributed by atoms with Crippen molar-refractivity contribution in [1.82, 2.24) is 35.6 Å². The molecule has 0 aliphatic heterocycles. The normalized spacial score (nSPS) is 11.6. The van der Waals surface area contributed by atoms with Gasteiger partial charge in [-0.05, 0) is 48.4 Å². The molecule has 0 radical (unpaired) electrons. The van der Waals surface area contributed by atoms with Crippen molar-refractivity contribution in [2.24, 2.45) is 5.10 Å². The fourth-order valence-corrected chi connectivity index (χ4v) is 2.81. The maximum atomic E-state index is 12.7. The van der Waals surface area contributed by atoms with Crippen molar-refractivity contribution in [3.8, 4) is 5.82 Å². The SMILES string of the molecule is CCCN(CCC)Cc1c(C(=O)N/N=C/c2ccco2)nnn1-c1nonc1N. The second kappa shape index (κ2) is 9.59. The van der Waals surface area contributed by atoms with Crippen LogP contribution in [0, 0.1) is 0 Å². The van der Waals surface area contributed by atoms with Gasteiger partial charge < -0.3 is 10.2 Å². The van der Waals surface area contributed by atoms with Crippen LogP contribution >= 0.6 is 0 Å². The highest BCUT2D eigenvalue weighted by Gasteiger charge is 2.25. The minimum absolute atomic E-state index is 0.0523. The number of nitrogens with two attached hydrogens (primary N) is 1. The lowest BCUT2D eigenvalue weighted by Gasteiger charge is -2.21. The summed E-state index contributed by atoms with van der Waals surface area (Å²) in [5.74, 6) is 0.222. The van der Waals surface area contributed by atoms with Gasteiger partial charge >= 0.3 is 0 Å². The van der Waals surface area contributed by atoms with Crippen LogP contribution < -0.4 is 11.2 Å². The van der Waals surface area contributed by atoms with E-state index in [2.05, 4.69) is 54.5 Å². The van der Waals surface area contributed by atoms with Crippen LogP contribution in [-0.4, -0.2) is 55.4 Å². The number of hydrogen-bond donors (Lipinski definition) is 2. The summed E-state index contributed by atoms with van der Waals surface area (Å²) in [5, 5.41) is 19.3. The average molecular weight is 401 g/mol. The second-order valence-corrected chi connectivity index (χ2v) is 6.26. The van der Waals surface area contributed by atoms with Crippen molar-refractivity contribution in [1.29, 1.82) is 0 Å². The summed E-state index contributed by atoms with van der Waals surface area (Å²) in [6.07, 6.45) is 4.83. The van der Waals surface area contributed by atoms with Gasteiger partial charge in [0, 0.05) is 6.54 Å². The first-order valence-corrected chi connectivity index (χ1v) is 9.26. The van der Waals surface area contributed by atoms with E-state index in [1.165, 1.54) is 17.2 Å². The number of amides is 1. The van der Waals surface area contributed by atoms with Gasteiger partial charge in [0.2, 0.25) is 11.6 Å². The van der Waals surface area contributed by atoms with E-state index in [1.54, 1.807) is 12.1 Å². The van der Waals surface area contributed by atoms with Gasteiger partial charge in [-0.3, -0.25) is 9.69 Å². The standard InChI is InChI=1S/C17H23N9O3/c1-3-7-25(8-4-2)11-13-14(17(27)21-19-10-12-6-5-9-28-12)20-24-26(13)16-15(18)22-29-23-16/h5-6,9-10H,3-4,7-8,11H2,1-2H3,(H2,18,22)(H,21,27)/b19-10+. The number of carbonyl (C=O) groups excluding carboxylic acids is 1. The highest BCUT2D eigenvalue weighted by molar-refractivity contribution is 5.94. The van der Waals surface area contributed by atoms with Crippen LogP contribution in [-0.2, 0) is 6.54 Å². The van der Waals surface area contributed by atoms with Crippen LogP contribution in [0.15, 0.2) is 32.5 Å². The summed E-state index contributed by atoms with van der Waals surface area (Å²) in [7, 11) is 0. The lowest BCUT2D eigenvalue weighted by atomic mass is 10.2. The molecule has 12 heteroatoms.